The summed E-state index contributed by atoms with van der Waals surface area (Å²) in [5.41, 5.74) is 2.77. The summed E-state index contributed by atoms with van der Waals surface area (Å²) < 4.78 is 12.7. The number of halogens is 2. The van der Waals surface area contributed by atoms with Crippen LogP contribution in [0, 0.1) is 0 Å². The van der Waals surface area contributed by atoms with Gasteiger partial charge in [0.15, 0.2) is 0 Å². The highest BCUT2D eigenvalue weighted by molar-refractivity contribution is 6.42. The van der Waals surface area contributed by atoms with E-state index in [1.165, 1.54) is 4.68 Å². The minimum absolute atomic E-state index is 0.128. The first-order valence-electron chi connectivity index (χ1n) is 8.87. The predicted molar refractivity (Wildman–Crippen MR) is 107 cm³/mol. The molecule has 0 spiro atoms. The maximum absolute atomic E-state index is 11.6. The quantitative estimate of drug-likeness (QED) is 0.634. The highest BCUT2D eigenvalue weighted by Crippen LogP contribution is 2.33. The number of methoxy groups -OCH3 is 1. The van der Waals surface area contributed by atoms with Gasteiger partial charge >= 0.3 is 5.97 Å². The molecule has 4 rings (SSSR count). The molecule has 29 heavy (non-hydrogen) atoms. The van der Waals surface area contributed by atoms with Gasteiger partial charge < -0.3 is 14.6 Å². The van der Waals surface area contributed by atoms with E-state index in [2.05, 4.69) is 10.3 Å². The fourth-order valence-electron chi connectivity index (χ4n) is 3.38. The number of rotatable bonds is 6. The van der Waals surface area contributed by atoms with Crippen molar-refractivity contribution in [2.45, 2.75) is 25.5 Å². The van der Waals surface area contributed by atoms with Crippen molar-refractivity contribution in [3.63, 3.8) is 0 Å². The normalized spacial score (nSPS) is 13.3. The molecule has 0 atom stereocenters. The van der Waals surface area contributed by atoms with E-state index in [1.807, 2.05) is 36.4 Å². The van der Waals surface area contributed by atoms with E-state index < -0.39 is 5.97 Å². The summed E-state index contributed by atoms with van der Waals surface area (Å²) in [6, 6.07) is 11.1. The molecule has 1 aliphatic rings. The standard InChI is InChI=1S/C20H17Cl2N3O4/c1-28-14-4-2-11(3-5-14)10-25-19(18(20(26)27)23-24-25)29-15-6-12-8-16(21)17(22)9-13(12)7-15/h2-5,8-9,15H,6-7,10H2,1H3,(H,26,27). The third-order valence-electron chi connectivity index (χ3n) is 4.80. The van der Waals surface area contributed by atoms with E-state index in [0.29, 0.717) is 29.4 Å². The lowest BCUT2D eigenvalue weighted by Crippen LogP contribution is -2.20. The van der Waals surface area contributed by atoms with Crippen molar-refractivity contribution in [2.24, 2.45) is 0 Å². The van der Waals surface area contributed by atoms with Gasteiger partial charge in [-0.3, -0.25) is 0 Å². The number of carboxylic acid groups (broad SMARTS) is 1. The number of nitrogens with zero attached hydrogens (tertiary/aromatic N) is 3. The number of benzene rings is 2. The number of carbonyl (C=O) groups is 1. The lowest BCUT2D eigenvalue weighted by Gasteiger charge is -2.14. The van der Waals surface area contributed by atoms with Gasteiger partial charge in [0.1, 0.15) is 11.9 Å². The van der Waals surface area contributed by atoms with Gasteiger partial charge in [0.25, 0.3) is 0 Å². The van der Waals surface area contributed by atoms with Gasteiger partial charge in [-0.05, 0) is 41.0 Å². The molecular weight excluding hydrogens is 417 g/mol. The highest BCUT2D eigenvalue weighted by Gasteiger charge is 2.29. The predicted octanol–water partition coefficient (Wildman–Crippen LogP) is 3.89. The van der Waals surface area contributed by atoms with Crippen LogP contribution in [-0.2, 0) is 19.4 Å². The third kappa shape index (κ3) is 4.02. The van der Waals surface area contributed by atoms with Crippen LogP contribution in [0.3, 0.4) is 0 Å². The molecule has 0 unspecified atom stereocenters. The fourth-order valence-corrected chi connectivity index (χ4v) is 3.75. The van der Waals surface area contributed by atoms with Crippen molar-refractivity contribution in [3.05, 3.63) is 68.8 Å². The molecule has 1 aromatic heterocycles. The third-order valence-corrected chi connectivity index (χ3v) is 5.52. The van der Waals surface area contributed by atoms with Gasteiger partial charge in [0.2, 0.25) is 11.6 Å². The highest BCUT2D eigenvalue weighted by atomic mass is 35.5. The second-order valence-corrected chi connectivity index (χ2v) is 7.55. The monoisotopic (exact) mass is 433 g/mol. The number of ether oxygens (including phenoxy) is 2. The lowest BCUT2D eigenvalue weighted by molar-refractivity contribution is 0.0681. The van der Waals surface area contributed by atoms with Gasteiger partial charge in [-0.1, -0.05) is 40.5 Å². The molecule has 0 bridgehead atoms. The fraction of sp³-hybridized carbons (Fsp3) is 0.250. The van der Waals surface area contributed by atoms with E-state index in [-0.39, 0.29) is 17.7 Å². The summed E-state index contributed by atoms with van der Waals surface area (Å²) in [6.45, 7) is 0.316. The molecule has 1 heterocycles. The van der Waals surface area contributed by atoms with Crippen LogP contribution in [0.1, 0.15) is 27.2 Å². The number of carboxylic acids is 1. The Morgan fingerprint density at radius 3 is 2.34 bits per heavy atom. The molecule has 0 radical (unpaired) electrons. The summed E-state index contributed by atoms with van der Waals surface area (Å²) in [5.74, 6) is -0.332. The minimum atomic E-state index is -1.19. The van der Waals surface area contributed by atoms with Gasteiger partial charge in [-0.2, -0.15) is 0 Å². The van der Waals surface area contributed by atoms with Crippen LogP contribution in [0.2, 0.25) is 10.0 Å². The molecule has 0 amide bonds. The number of hydrogen-bond acceptors (Lipinski definition) is 5. The SMILES string of the molecule is COc1ccc(Cn2nnc(C(=O)O)c2OC2Cc3cc(Cl)c(Cl)cc3C2)cc1. The molecule has 9 heteroatoms. The Morgan fingerprint density at radius 2 is 1.79 bits per heavy atom. The van der Waals surface area contributed by atoms with Crippen LogP contribution in [0.15, 0.2) is 36.4 Å². The van der Waals surface area contributed by atoms with Crippen LogP contribution in [0.5, 0.6) is 11.6 Å². The average molecular weight is 434 g/mol. The number of aromatic nitrogens is 3. The van der Waals surface area contributed by atoms with Crippen LogP contribution in [0.25, 0.3) is 0 Å². The average Bonchev–Trinajstić information content (AvgIpc) is 3.26. The van der Waals surface area contributed by atoms with E-state index in [9.17, 15) is 9.90 Å². The van der Waals surface area contributed by atoms with Crippen molar-refractivity contribution in [2.75, 3.05) is 7.11 Å². The largest absolute Gasteiger partial charge is 0.497 e. The molecule has 0 saturated carbocycles. The van der Waals surface area contributed by atoms with Crippen LogP contribution in [-0.4, -0.2) is 39.3 Å². The van der Waals surface area contributed by atoms with Crippen molar-refractivity contribution >= 4 is 29.2 Å². The van der Waals surface area contributed by atoms with Gasteiger partial charge in [-0.15, -0.1) is 5.10 Å². The molecule has 1 N–H and O–H groups in total. The van der Waals surface area contributed by atoms with Crippen molar-refractivity contribution in [1.82, 2.24) is 15.0 Å². The lowest BCUT2D eigenvalue weighted by atomic mass is 10.1. The summed E-state index contributed by atoms with van der Waals surface area (Å²) in [5, 5.41) is 18.2. The Labute approximate surface area is 176 Å². The number of aromatic carboxylic acids is 1. The second kappa shape index (κ2) is 7.93. The number of hydrogen-bond donors (Lipinski definition) is 1. The van der Waals surface area contributed by atoms with E-state index in [4.69, 9.17) is 32.7 Å². The molecule has 150 valence electrons. The summed E-state index contributed by atoms with van der Waals surface area (Å²) in [7, 11) is 1.59. The molecule has 1 aliphatic carbocycles. The van der Waals surface area contributed by atoms with Crippen LogP contribution >= 0.6 is 23.2 Å². The molecule has 0 aliphatic heterocycles. The molecule has 3 aromatic rings. The maximum Gasteiger partial charge on any atom is 0.362 e. The zero-order chi connectivity index (χ0) is 20.5. The first-order valence-corrected chi connectivity index (χ1v) is 9.63. The van der Waals surface area contributed by atoms with Crippen molar-refractivity contribution in [3.8, 4) is 11.6 Å². The Hall–Kier alpha value is -2.77. The van der Waals surface area contributed by atoms with Crippen molar-refractivity contribution in [1.29, 1.82) is 0 Å². The zero-order valence-corrected chi connectivity index (χ0v) is 16.9. The zero-order valence-electron chi connectivity index (χ0n) is 15.4. The van der Waals surface area contributed by atoms with E-state index in [1.54, 1.807) is 7.11 Å². The topological polar surface area (TPSA) is 86.5 Å². The van der Waals surface area contributed by atoms with Gasteiger partial charge in [0.05, 0.1) is 23.7 Å². The smallest absolute Gasteiger partial charge is 0.362 e. The van der Waals surface area contributed by atoms with E-state index >= 15 is 0 Å². The van der Waals surface area contributed by atoms with Crippen molar-refractivity contribution < 1.29 is 19.4 Å². The Morgan fingerprint density at radius 1 is 1.17 bits per heavy atom. The molecular formula is C20H17Cl2N3O4. The van der Waals surface area contributed by atoms with Gasteiger partial charge in [-0.25, -0.2) is 9.48 Å². The van der Waals surface area contributed by atoms with Crippen LogP contribution in [0.4, 0.5) is 0 Å². The summed E-state index contributed by atoms with van der Waals surface area (Å²) in [4.78, 5) is 11.6. The first-order chi connectivity index (χ1) is 13.9. The van der Waals surface area contributed by atoms with E-state index in [0.717, 1.165) is 22.4 Å². The Bertz CT molecular complexity index is 1040. The molecule has 2 aromatic carbocycles. The molecule has 7 nitrogen and oxygen atoms in total. The van der Waals surface area contributed by atoms with Gasteiger partial charge in [0, 0.05) is 12.8 Å². The minimum Gasteiger partial charge on any atom is -0.497 e. The van der Waals surface area contributed by atoms with Crippen LogP contribution < -0.4 is 9.47 Å². The molecule has 0 fully saturated rings. The maximum atomic E-state index is 11.6. The number of fused-ring (bicyclic) bond motifs is 1. The second-order valence-electron chi connectivity index (χ2n) is 6.74. The summed E-state index contributed by atoms with van der Waals surface area (Å²) >= 11 is 12.2. The Balaban J connectivity index is 1.57. The first kappa shape index (κ1) is 19.5. The summed E-state index contributed by atoms with van der Waals surface area (Å²) in [6.07, 6.45) is 0.934. The Kier molecular flexibility index (Phi) is 5.34. The molecule has 0 saturated heterocycles.